The number of carbonyl (C=O) groups excluding carboxylic acids is 1. The van der Waals surface area contributed by atoms with Gasteiger partial charge in [-0.1, -0.05) is 19.1 Å². The van der Waals surface area contributed by atoms with E-state index in [1.165, 1.54) is 0 Å². The zero-order valence-electron chi connectivity index (χ0n) is 13.5. The molecule has 1 aliphatic rings. The van der Waals surface area contributed by atoms with Gasteiger partial charge in [0.05, 0.1) is 12.7 Å². The average Bonchev–Trinajstić information content (AvgIpc) is 2.56. The van der Waals surface area contributed by atoms with Gasteiger partial charge in [-0.05, 0) is 43.0 Å². The van der Waals surface area contributed by atoms with E-state index in [9.17, 15) is 15.2 Å². The van der Waals surface area contributed by atoms with E-state index >= 15 is 0 Å². The zero-order chi connectivity index (χ0) is 16.8. The third-order valence-corrected chi connectivity index (χ3v) is 4.06. The van der Waals surface area contributed by atoms with Gasteiger partial charge in [0.1, 0.15) is 17.4 Å². The van der Waals surface area contributed by atoms with Crippen molar-refractivity contribution >= 4 is 12.0 Å². The minimum atomic E-state index is -0.530. The van der Waals surface area contributed by atoms with Gasteiger partial charge in [-0.25, -0.2) is 0 Å². The lowest BCUT2D eigenvalue weighted by atomic mass is 9.95. The molecule has 1 fully saturated rings. The molecule has 1 saturated heterocycles. The van der Waals surface area contributed by atoms with Gasteiger partial charge in [-0.15, -0.1) is 0 Å². The van der Waals surface area contributed by atoms with Crippen LogP contribution >= 0.6 is 0 Å². The lowest BCUT2D eigenvalue weighted by Gasteiger charge is -2.34. The van der Waals surface area contributed by atoms with Crippen LogP contribution in [0.1, 0.15) is 25.8 Å². The van der Waals surface area contributed by atoms with Gasteiger partial charge in [0.2, 0.25) is 0 Å². The predicted molar refractivity (Wildman–Crippen MR) is 87.6 cm³/mol. The summed E-state index contributed by atoms with van der Waals surface area (Å²) >= 11 is 0. The molecule has 1 aromatic rings. The summed E-state index contributed by atoms with van der Waals surface area (Å²) in [5.74, 6) is 0.606. The molecule has 23 heavy (non-hydrogen) atoms. The quantitative estimate of drug-likeness (QED) is 0.683. The number of β-amino-alcohol motifs (C(OH)–C–C–N with tert-alkyl or cyclic N) is 1. The Kier molecular flexibility index (Phi) is 5.78. The number of nitrogens with zero attached hydrogens (tertiary/aromatic N) is 2. The summed E-state index contributed by atoms with van der Waals surface area (Å²) in [6, 6.07) is 9.20. The molecule has 5 nitrogen and oxygen atoms in total. The highest BCUT2D eigenvalue weighted by molar-refractivity contribution is 6.01. The standard InChI is InChI=1S/C18H22N2O3/c1-3-23-16-6-4-14(5-7-16)10-15(11-19)18(22)20-9-8-13(2)17(21)12-20/h4-7,10,13,17,21H,3,8-9,12H2,1-2H3/b15-10-. The van der Waals surface area contributed by atoms with E-state index in [2.05, 4.69) is 0 Å². The summed E-state index contributed by atoms with van der Waals surface area (Å²) in [4.78, 5) is 14.0. The molecule has 5 heteroatoms. The van der Waals surface area contributed by atoms with Crippen molar-refractivity contribution in [3.63, 3.8) is 0 Å². The molecule has 1 heterocycles. The summed E-state index contributed by atoms with van der Waals surface area (Å²) in [6.45, 7) is 5.32. The Morgan fingerprint density at radius 1 is 1.48 bits per heavy atom. The SMILES string of the molecule is CCOc1ccc(/C=C(/C#N)C(=O)N2CCC(C)C(O)C2)cc1. The number of rotatable bonds is 4. The molecule has 0 saturated carbocycles. The molecule has 0 spiro atoms. The van der Waals surface area contributed by atoms with Crippen molar-refractivity contribution in [2.75, 3.05) is 19.7 Å². The maximum Gasteiger partial charge on any atom is 0.264 e. The van der Waals surface area contributed by atoms with Crippen LogP contribution < -0.4 is 4.74 Å². The van der Waals surface area contributed by atoms with E-state index in [1.807, 2.05) is 32.0 Å². The second kappa shape index (κ2) is 7.80. The Labute approximate surface area is 136 Å². The van der Waals surface area contributed by atoms with Crippen LogP contribution in [-0.4, -0.2) is 41.7 Å². The Bertz CT molecular complexity index is 616. The molecule has 1 amide bonds. The van der Waals surface area contributed by atoms with Crippen LogP contribution in [0.25, 0.3) is 6.08 Å². The largest absolute Gasteiger partial charge is 0.494 e. The summed E-state index contributed by atoms with van der Waals surface area (Å²) in [5, 5.41) is 19.2. The molecule has 2 rings (SSSR count). The van der Waals surface area contributed by atoms with Crippen LogP contribution in [0.2, 0.25) is 0 Å². The number of amides is 1. The Morgan fingerprint density at radius 2 is 2.17 bits per heavy atom. The van der Waals surface area contributed by atoms with Gasteiger partial charge in [0.15, 0.2) is 0 Å². The van der Waals surface area contributed by atoms with Crippen LogP contribution in [0.15, 0.2) is 29.8 Å². The number of piperidine rings is 1. The summed E-state index contributed by atoms with van der Waals surface area (Å²) in [5.41, 5.74) is 0.847. The lowest BCUT2D eigenvalue weighted by molar-refractivity contribution is -0.130. The van der Waals surface area contributed by atoms with Gasteiger partial charge in [-0.3, -0.25) is 4.79 Å². The normalized spacial score (nSPS) is 21.7. The smallest absolute Gasteiger partial charge is 0.264 e. The van der Waals surface area contributed by atoms with Crippen molar-refractivity contribution < 1.29 is 14.6 Å². The van der Waals surface area contributed by atoms with Crippen molar-refractivity contribution in [2.45, 2.75) is 26.4 Å². The summed E-state index contributed by atoms with van der Waals surface area (Å²) in [7, 11) is 0. The van der Waals surface area contributed by atoms with Gasteiger partial charge in [-0.2, -0.15) is 5.26 Å². The van der Waals surface area contributed by atoms with E-state index in [0.29, 0.717) is 13.2 Å². The first-order chi connectivity index (χ1) is 11.0. The van der Waals surface area contributed by atoms with E-state index in [0.717, 1.165) is 17.7 Å². The molecule has 0 aliphatic carbocycles. The molecule has 0 aromatic heterocycles. The molecule has 1 aliphatic heterocycles. The fraction of sp³-hybridized carbons (Fsp3) is 0.444. The number of aliphatic hydroxyl groups excluding tert-OH is 1. The van der Waals surface area contributed by atoms with Crippen LogP contribution in [0.3, 0.4) is 0 Å². The molecule has 1 aromatic carbocycles. The minimum absolute atomic E-state index is 0.0795. The highest BCUT2D eigenvalue weighted by Crippen LogP contribution is 2.20. The van der Waals surface area contributed by atoms with Crippen molar-refractivity contribution in [3.05, 3.63) is 35.4 Å². The van der Waals surface area contributed by atoms with E-state index in [1.54, 1.807) is 23.1 Å². The summed E-state index contributed by atoms with van der Waals surface area (Å²) in [6.07, 6.45) is 1.79. The van der Waals surface area contributed by atoms with Crippen LogP contribution in [0.5, 0.6) is 5.75 Å². The Balaban J connectivity index is 2.12. The van der Waals surface area contributed by atoms with Gasteiger partial charge in [0, 0.05) is 13.1 Å². The van der Waals surface area contributed by atoms with Crippen molar-refractivity contribution in [3.8, 4) is 11.8 Å². The molecule has 0 bridgehead atoms. The average molecular weight is 314 g/mol. The third kappa shape index (κ3) is 4.33. The zero-order valence-corrected chi connectivity index (χ0v) is 13.5. The fourth-order valence-corrected chi connectivity index (χ4v) is 2.54. The minimum Gasteiger partial charge on any atom is -0.494 e. The number of aliphatic hydroxyl groups is 1. The summed E-state index contributed by atoms with van der Waals surface area (Å²) < 4.78 is 5.37. The van der Waals surface area contributed by atoms with E-state index < -0.39 is 6.10 Å². The van der Waals surface area contributed by atoms with E-state index in [4.69, 9.17) is 4.74 Å². The molecule has 0 radical (unpaired) electrons. The Hall–Kier alpha value is -2.32. The van der Waals surface area contributed by atoms with Crippen molar-refractivity contribution in [1.29, 1.82) is 5.26 Å². The molecular weight excluding hydrogens is 292 g/mol. The molecular formula is C18H22N2O3. The van der Waals surface area contributed by atoms with Crippen LogP contribution in [0, 0.1) is 17.2 Å². The number of carbonyl (C=O) groups is 1. The predicted octanol–water partition coefficient (Wildman–Crippen LogP) is 2.22. The van der Waals surface area contributed by atoms with Gasteiger partial charge < -0.3 is 14.7 Å². The first-order valence-corrected chi connectivity index (χ1v) is 7.87. The molecule has 2 unspecified atom stereocenters. The molecule has 2 atom stereocenters. The van der Waals surface area contributed by atoms with Crippen molar-refractivity contribution in [1.82, 2.24) is 4.90 Å². The fourth-order valence-electron chi connectivity index (χ4n) is 2.54. The highest BCUT2D eigenvalue weighted by atomic mass is 16.5. The monoisotopic (exact) mass is 314 g/mol. The molecule has 1 N–H and O–H groups in total. The number of nitriles is 1. The Morgan fingerprint density at radius 3 is 2.74 bits per heavy atom. The maximum atomic E-state index is 12.5. The first-order valence-electron chi connectivity index (χ1n) is 7.87. The number of hydrogen-bond donors (Lipinski definition) is 1. The van der Waals surface area contributed by atoms with E-state index in [-0.39, 0.29) is 23.9 Å². The highest BCUT2D eigenvalue weighted by Gasteiger charge is 2.28. The third-order valence-electron chi connectivity index (χ3n) is 4.06. The maximum absolute atomic E-state index is 12.5. The van der Waals surface area contributed by atoms with Crippen LogP contribution in [-0.2, 0) is 4.79 Å². The lowest BCUT2D eigenvalue weighted by Crippen LogP contribution is -2.46. The second-order valence-corrected chi connectivity index (χ2v) is 5.76. The van der Waals surface area contributed by atoms with Crippen molar-refractivity contribution in [2.24, 2.45) is 5.92 Å². The van der Waals surface area contributed by atoms with Crippen LogP contribution in [0.4, 0.5) is 0 Å². The van der Waals surface area contributed by atoms with Gasteiger partial charge >= 0.3 is 0 Å². The number of ether oxygens (including phenoxy) is 1. The van der Waals surface area contributed by atoms with Gasteiger partial charge in [0.25, 0.3) is 5.91 Å². The second-order valence-electron chi connectivity index (χ2n) is 5.76. The number of benzene rings is 1. The molecule has 122 valence electrons. The number of likely N-dealkylation sites (tertiary alicyclic amines) is 1. The first kappa shape index (κ1) is 17.0. The number of hydrogen-bond acceptors (Lipinski definition) is 4. The topological polar surface area (TPSA) is 73.6 Å².